The Labute approximate surface area is 105 Å². The third kappa shape index (κ3) is 1.68. The lowest BCUT2D eigenvalue weighted by Gasteiger charge is -2.16. The minimum Gasteiger partial charge on any atom is -0.481 e. The van der Waals surface area contributed by atoms with E-state index in [1.807, 2.05) is 23.7 Å². The number of nitrogens with zero attached hydrogens (tertiary/aromatic N) is 2. The molecule has 1 saturated carbocycles. The molecule has 94 valence electrons. The van der Waals surface area contributed by atoms with E-state index < -0.39 is 5.97 Å². The average Bonchev–Trinajstić information content (AvgIpc) is 2.96. The zero-order valence-electron chi connectivity index (χ0n) is 10.3. The molecule has 1 aromatic carbocycles. The van der Waals surface area contributed by atoms with Crippen molar-refractivity contribution in [3.05, 3.63) is 30.1 Å². The van der Waals surface area contributed by atoms with Crippen LogP contribution in [0.3, 0.4) is 0 Å². The first kappa shape index (κ1) is 11.3. The summed E-state index contributed by atoms with van der Waals surface area (Å²) in [5.41, 5.74) is 3.17. The van der Waals surface area contributed by atoms with Crippen LogP contribution in [0.25, 0.3) is 11.0 Å². The summed E-state index contributed by atoms with van der Waals surface area (Å²) in [4.78, 5) is 15.5. The molecule has 0 bridgehead atoms. The summed E-state index contributed by atoms with van der Waals surface area (Å²) in [7, 11) is 1.96. The lowest BCUT2D eigenvalue weighted by atomic mass is 9.89. The highest BCUT2D eigenvalue weighted by Crippen LogP contribution is 2.40. The monoisotopic (exact) mass is 244 g/mol. The molecule has 2 atom stereocenters. The lowest BCUT2D eigenvalue weighted by Crippen LogP contribution is -2.16. The van der Waals surface area contributed by atoms with Crippen molar-refractivity contribution in [3.63, 3.8) is 0 Å². The summed E-state index contributed by atoms with van der Waals surface area (Å²) in [6.45, 7) is 0. The molecule has 2 aromatic rings. The van der Waals surface area contributed by atoms with Gasteiger partial charge in [-0.2, -0.15) is 0 Å². The van der Waals surface area contributed by atoms with Crippen LogP contribution in [-0.4, -0.2) is 20.6 Å². The van der Waals surface area contributed by atoms with Crippen molar-refractivity contribution in [1.29, 1.82) is 0 Å². The predicted octanol–water partition coefficient (Wildman–Crippen LogP) is 2.54. The fourth-order valence-corrected chi connectivity index (χ4v) is 3.03. The quantitative estimate of drug-likeness (QED) is 0.883. The number of carboxylic acid groups (broad SMARTS) is 1. The summed E-state index contributed by atoms with van der Waals surface area (Å²) in [6, 6.07) is 6.11. The molecular formula is C14H16N2O2. The Morgan fingerprint density at radius 2 is 2.28 bits per heavy atom. The van der Waals surface area contributed by atoms with E-state index >= 15 is 0 Å². The van der Waals surface area contributed by atoms with Crippen LogP contribution in [0.2, 0.25) is 0 Å². The van der Waals surface area contributed by atoms with E-state index in [2.05, 4.69) is 11.1 Å². The van der Waals surface area contributed by atoms with Gasteiger partial charge in [0.2, 0.25) is 0 Å². The van der Waals surface area contributed by atoms with Crippen LogP contribution in [0.1, 0.15) is 30.7 Å². The second kappa shape index (κ2) is 4.12. The highest BCUT2D eigenvalue weighted by Gasteiger charge is 2.33. The van der Waals surface area contributed by atoms with Crippen molar-refractivity contribution in [2.75, 3.05) is 0 Å². The molecule has 3 rings (SSSR count). The number of imidazole rings is 1. The summed E-state index contributed by atoms with van der Waals surface area (Å²) in [6.07, 6.45) is 4.56. The van der Waals surface area contributed by atoms with Gasteiger partial charge in [-0.25, -0.2) is 4.98 Å². The first-order chi connectivity index (χ1) is 8.66. The van der Waals surface area contributed by atoms with Gasteiger partial charge < -0.3 is 9.67 Å². The molecular weight excluding hydrogens is 228 g/mol. The molecule has 1 aromatic heterocycles. The third-order valence-corrected chi connectivity index (χ3v) is 4.01. The van der Waals surface area contributed by atoms with Gasteiger partial charge in [-0.3, -0.25) is 4.79 Å². The van der Waals surface area contributed by atoms with Crippen LogP contribution in [-0.2, 0) is 11.8 Å². The van der Waals surface area contributed by atoms with E-state index in [0.29, 0.717) is 0 Å². The zero-order valence-corrected chi connectivity index (χ0v) is 10.3. The second-order valence-corrected chi connectivity index (χ2v) is 5.09. The summed E-state index contributed by atoms with van der Waals surface area (Å²) < 4.78 is 1.98. The van der Waals surface area contributed by atoms with Gasteiger partial charge in [-0.15, -0.1) is 0 Å². The fourth-order valence-electron chi connectivity index (χ4n) is 3.03. The van der Waals surface area contributed by atoms with E-state index in [-0.39, 0.29) is 11.8 Å². The maximum Gasteiger partial charge on any atom is 0.307 e. The largest absolute Gasteiger partial charge is 0.481 e. The summed E-state index contributed by atoms with van der Waals surface area (Å²) in [5, 5.41) is 9.26. The van der Waals surface area contributed by atoms with Crippen molar-refractivity contribution >= 4 is 17.0 Å². The molecule has 0 radical (unpaired) electrons. The summed E-state index contributed by atoms with van der Waals surface area (Å²) >= 11 is 0. The van der Waals surface area contributed by atoms with Gasteiger partial charge in [0.05, 0.1) is 23.3 Å². The number of rotatable bonds is 2. The van der Waals surface area contributed by atoms with Crippen LogP contribution < -0.4 is 0 Å². The topological polar surface area (TPSA) is 55.1 Å². The number of aromatic nitrogens is 2. The van der Waals surface area contributed by atoms with E-state index in [1.165, 1.54) is 0 Å². The number of aryl methyl sites for hydroxylation is 1. The zero-order chi connectivity index (χ0) is 12.7. The number of carboxylic acids is 1. The van der Waals surface area contributed by atoms with Crippen molar-refractivity contribution < 1.29 is 9.90 Å². The number of fused-ring (bicyclic) bond motifs is 1. The lowest BCUT2D eigenvalue weighted by molar-refractivity contribution is -0.142. The van der Waals surface area contributed by atoms with Crippen molar-refractivity contribution in [3.8, 4) is 0 Å². The van der Waals surface area contributed by atoms with E-state index in [9.17, 15) is 9.90 Å². The molecule has 1 aliphatic carbocycles. The van der Waals surface area contributed by atoms with Gasteiger partial charge in [-0.05, 0) is 36.5 Å². The Bertz CT molecular complexity index is 603. The van der Waals surface area contributed by atoms with Crippen LogP contribution in [0.5, 0.6) is 0 Å². The van der Waals surface area contributed by atoms with Crippen LogP contribution in [0.4, 0.5) is 0 Å². The van der Waals surface area contributed by atoms with Gasteiger partial charge >= 0.3 is 5.97 Å². The molecule has 0 unspecified atom stereocenters. The SMILES string of the molecule is Cn1cnc2ccc([C@H]3CCC[C@H]3C(=O)O)cc21. The molecule has 1 N–H and O–H groups in total. The minimum atomic E-state index is -0.664. The number of carbonyl (C=O) groups is 1. The van der Waals surface area contributed by atoms with Gasteiger partial charge in [0.1, 0.15) is 0 Å². The number of benzene rings is 1. The Balaban J connectivity index is 2.03. The Kier molecular flexibility index (Phi) is 2.58. The Morgan fingerprint density at radius 3 is 3.06 bits per heavy atom. The molecule has 1 heterocycles. The number of aliphatic carboxylic acids is 1. The maximum absolute atomic E-state index is 11.2. The van der Waals surface area contributed by atoms with E-state index in [4.69, 9.17) is 0 Å². The standard InChI is InChI=1S/C14H16N2O2/c1-16-8-15-12-6-5-9(7-13(12)16)10-3-2-4-11(10)14(17)18/h5-8,10-11H,2-4H2,1H3,(H,17,18)/t10-,11-/m1/s1. The van der Waals surface area contributed by atoms with Crippen molar-refractivity contribution in [2.24, 2.45) is 13.0 Å². The van der Waals surface area contributed by atoms with Gasteiger partial charge in [0.15, 0.2) is 0 Å². The minimum absolute atomic E-state index is 0.154. The van der Waals surface area contributed by atoms with E-state index in [1.54, 1.807) is 6.33 Å². The van der Waals surface area contributed by atoms with Crippen LogP contribution >= 0.6 is 0 Å². The molecule has 1 fully saturated rings. The fraction of sp³-hybridized carbons (Fsp3) is 0.429. The van der Waals surface area contributed by atoms with Crippen LogP contribution in [0.15, 0.2) is 24.5 Å². The molecule has 0 aliphatic heterocycles. The van der Waals surface area contributed by atoms with Crippen molar-refractivity contribution in [2.45, 2.75) is 25.2 Å². The van der Waals surface area contributed by atoms with Crippen LogP contribution in [0, 0.1) is 5.92 Å². The molecule has 0 saturated heterocycles. The Morgan fingerprint density at radius 1 is 1.44 bits per heavy atom. The summed E-state index contributed by atoms with van der Waals surface area (Å²) in [5.74, 6) is -0.736. The molecule has 18 heavy (non-hydrogen) atoms. The highest BCUT2D eigenvalue weighted by molar-refractivity contribution is 5.77. The maximum atomic E-state index is 11.2. The predicted molar refractivity (Wildman–Crippen MR) is 68.4 cm³/mol. The number of hydrogen-bond donors (Lipinski definition) is 1. The first-order valence-corrected chi connectivity index (χ1v) is 6.30. The second-order valence-electron chi connectivity index (χ2n) is 5.09. The Hall–Kier alpha value is -1.84. The van der Waals surface area contributed by atoms with Gasteiger partial charge in [-0.1, -0.05) is 12.5 Å². The average molecular weight is 244 g/mol. The first-order valence-electron chi connectivity index (χ1n) is 6.30. The van der Waals surface area contributed by atoms with Crippen molar-refractivity contribution in [1.82, 2.24) is 9.55 Å². The third-order valence-electron chi connectivity index (χ3n) is 4.01. The smallest absolute Gasteiger partial charge is 0.307 e. The highest BCUT2D eigenvalue weighted by atomic mass is 16.4. The van der Waals surface area contributed by atoms with Gasteiger partial charge in [0.25, 0.3) is 0 Å². The van der Waals surface area contributed by atoms with E-state index in [0.717, 1.165) is 35.9 Å². The van der Waals surface area contributed by atoms with Gasteiger partial charge in [0, 0.05) is 7.05 Å². The molecule has 0 amide bonds. The molecule has 0 spiro atoms. The number of hydrogen-bond acceptors (Lipinski definition) is 2. The molecule has 4 heteroatoms. The normalized spacial score (nSPS) is 23.6. The molecule has 1 aliphatic rings. The molecule has 4 nitrogen and oxygen atoms in total.